The smallest absolute Gasteiger partial charge is 0.147 e. The van der Waals surface area contributed by atoms with Crippen molar-refractivity contribution >= 4 is 5.82 Å². The molecule has 0 spiro atoms. The van der Waals surface area contributed by atoms with Crippen LogP contribution >= 0.6 is 0 Å². The van der Waals surface area contributed by atoms with Crippen molar-refractivity contribution in [1.82, 2.24) is 15.3 Å². The van der Waals surface area contributed by atoms with Gasteiger partial charge in [-0.15, -0.1) is 0 Å². The van der Waals surface area contributed by atoms with Gasteiger partial charge in [-0.2, -0.15) is 0 Å². The molecule has 1 N–H and O–H groups in total. The second-order valence-corrected chi connectivity index (χ2v) is 7.67. The Labute approximate surface area is 140 Å². The van der Waals surface area contributed by atoms with E-state index in [1.807, 2.05) is 0 Å². The van der Waals surface area contributed by atoms with E-state index in [0.717, 1.165) is 24.7 Å². The summed E-state index contributed by atoms with van der Waals surface area (Å²) in [5.41, 5.74) is 2.63. The second-order valence-electron chi connectivity index (χ2n) is 7.67. The summed E-state index contributed by atoms with van der Waals surface area (Å²) in [4.78, 5) is 12.5. The fourth-order valence-corrected chi connectivity index (χ4v) is 4.63. The van der Waals surface area contributed by atoms with Crippen molar-refractivity contribution < 1.29 is 0 Å². The summed E-state index contributed by atoms with van der Waals surface area (Å²) in [6.45, 7) is 5.68. The number of nitrogens with zero attached hydrogens (tertiary/aromatic N) is 3. The molecule has 0 aromatic carbocycles. The second kappa shape index (κ2) is 6.76. The van der Waals surface area contributed by atoms with Gasteiger partial charge in [-0.3, -0.25) is 0 Å². The van der Waals surface area contributed by atoms with Crippen LogP contribution in [0.3, 0.4) is 0 Å². The Morgan fingerprint density at radius 2 is 1.91 bits per heavy atom. The van der Waals surface area contributed by atoms with Crippen LogP contribution in [0.4, 0.5) is 5.82 Å². The molecule has 3 heterocycles. The number of aromatic nitrogens is 2. The number of rotatable bonds is 3. The zero-order valence-corrected chi connectivity index (χ0v) is 14.5. The first-order chi connectivity index (χ1) is 11.3. The summed E-state index contributed by atoms with van der Waals surface area (Å²) in [5.74, 6) is 3.17. The molecule has 2 fully saturated rings. The molecule has 3 aliphatic rings. The van der Waals surface area contributed by atoms with Crippen molar-refractivity contribution in [3.8, 4) is 0 Å². The monoisotopic (exact) mass is 314 g/mol. The van der Waals surface area contributed by atoms with E-state index in [9.17, 15) is 0 Å². The number of fused-ring (bicyclic) bond motifs is 1. The first-order valence-electron chi connectivity index (χ1n) is 9.67. The summed E-state index contributed by atoms with van der Waals surface area (Å²) in [7, 11) is 0. The highest BCUT2D eigenvalue weighted by atomic mass is 15.2. The van der Waals surface area contributed by atoms with Gasteiger partial charge in [0, 0.05) is 24.3 Å². The third kappa shape index (κ3) is 3.23. The van der Waals surface area contributed by atoms with Crippen LogP contribution in [0.1, 0.15) is 74.5 Å². The summed E-state index contributed by atoms with van der Waals surface area (Å²) in [6, 6.07) is 0.373. The summed E-state index contributed by atoms with van der Waals surface area (Å²) >= 11 is 0. The molecule has 23 heavy (non-hydrogen) atoms. The SMILES string of the molecule is Cc1nc(C2CCCN2)nc2c1CCCN2CC1CCCCC1. The molecular weight excluding hydrogens is 284 g/mol. The number of hydrogen-bond acceptors (Lipinski definition) is 4. The predicted octanol–water partition coefficient (Wildman–Crippen LogP) is 3.54. The molecular formula is C19H30N4. The minimum absolute atomic E-state index is 0.373. The van der Waals surface area contributed by atoms with Crippen LogP contribution in [0.5, 0.6) is 0 Å². The molecule has 1 aromatic heterocycles. The highest BCUT2D eigenvalue weighted by Gasteiger charge is 2.27. The van der Waals surface area contributed by atoms with Gasteiger partial charge in [-0.1, -0.05) is 19.3 Å². The average Bonchev–Trinajstić information content (AvgIpc) is 3.11. The third-order valence-electron chi connectivity index (χ3n) is 5.94. The van der Waals surface area contributed by atoms with E-state index in [1.165, 1.54) is 81.5 Å². The standard InChI is InChI=1S/C19H30N4/c1-14-16-9-6-12-23(13-15-7-3-2-4-8-15)19(16)22-18(21-14)17-10-5-11-20-17/h15,17,20H,2-13H2,1H3. The van der Waals surface area contributed by atoms with Crippen LogP contribution < -0.4 is 10.2 Å². The molecule has 126 valence electrons. The van der Waals surface area contributed by atoms with Gasteiger partial charge in [0.25, 0.3) is 0 Å². The number of anilines is 1. The molecule has 4 heteroatoms. The first-order valence-corrected chi connectivity index (χ1v) is 9.67. The van der Waals surface area contributed by atoms with Crippen LogP contribution in [0.15, 0.2) is 0 Å². The van der Waals surface area contributed by atoms with Gasteiger partial charge in [-0.25, -0.2) is 9.97 Å². The molecule has 4 rings (SSSR count). The number of hydrogen-bond donors (Lipinski definition) is 1. The fourth-order valence-electron chi connectivity index (χ4n) is 4.63. The van der Waals surface area contributed by atoms with Crippen LogP contribution in [0, 0.1) is 12.8 Å². The van der Waals surface area contributed by atoms with E-state index in [2.05, 4.69) is 17.1 Å². The minimum Gasteiger partial charge on any atom is -0.356 e. The average molecular weight is 314 g/mol. The normalized spacial score (nSPS) is 25.6. The van der Waals surface area contributed by atoms with Crippen molar-refractivity contribution in [3.63, 3.8) is 0 Å². The van der Waals surface area contributed by atoms with Gasteiger partial charge in [0.2, 0.25) is 0 Å². The maximum atomic E-state index is 5.06. The minimum atomic E-state index is 0.373. The summed E-state index contributed by atoms with van der Waals surface area (Å²) < 4.78 is 0. The van der Waals surface area contributed by atoms with Crippen LogP contribution in [0.2, 0.25) is 0 Å². The molecule has 0 amide bonds. The Bertz CT molecular complexity index is 545. The highest BCUT2D eigenvalue weighted by molar-refractivity contribution is 5.51. The van der Waals surface area contributed by atoms with Crippen LogP contribution in [-0.4, -0.2) is 29.6 Å². The number of nitrogens with one attached hydrogen (secondary N) is 1. The van der Waals surface area contributed by atoms with Gasteiger partial charge in [-0.05, 0) is 57.9 Å². The molecule has 4 nitrogen and oxygen atoms in total. The van der Waals surface area contributed by atoms with Crippen molar-refractivity contribution in [1.29, 1.82) is 0 Å². The third-order valence-corrected chi connectivity index (χ3v) is 5.94. The van der Waals surface area contributed by atoms with Crippen molar-refractivity contribution in [3.05, 3.63) is 17.1 Å². The maximum absolute atomic E-state index is 5.06. The lowest BCUT2D eigenvalue weighted by Crippen LogP contribution is -2.36. The molecule has 1 saturated carbocycles. The lowest BCUT2D eigenvalue weighted by Gasteiger charge is -2.35. The van der Waals surface area contributed by atoms with Crippen LogP contribution in [-0.2, 0) is 6.42 Å². The molecule has 1 aliphatic carbocycles. The zero-order valence-electron chi connectivity index (χ0n) is 14.5. The Morgan fingerprint density at radius 3 is 2.70 bits per heavy atom. The summed E-state index contributed by atoms with van der Waals surface area (Å²) in [5, 5.41) is 3.56. The van der Waals surface area contributed by atoms with Gasteiger partial charge >= 0.3 is 0 Å². The fraction of sp³-hybridized carbons (Fsp3) is 0.789. The molecule has 0 bridgehead atoms. The predicted molar refractivity (Wildman–Crippen MR) is 93.9 cm³/mol. The Kier molecular flexibility index (Phi) is 4.52. The van der Waals surface area contributed by atoms with E-state index in [-0.39, 0.29) is 0 Å². The van der Waals surface area contributed by atoms with Gasteiger partial charge < -0.3 is 10.2 Å². The molecule has 1 unspecified atom stereocenters. The highest BCUT2D eigenvalue weighted by Crippen LogP contribution is 2.32. The van der Waals surface area contributed by atoms with E-state index in [4.69, 9.17) is 9.97 Å². The molecule has 1 atom stereocenters. The zero-order chi connectivity index (χ0) is 15.6. The van der Waals surface area contributed by atoms with E-state index >= 15 is 0 Å². The van der Waals surface area contributed by atoms with Crippen molar-refractivity contribution in [2.75, 3.05) is 24.5 Å². The lowest BCUT2D eigenvalue weighted by molar-refractivity contribution is 0.355. The van der Waals surface area contributed by atoms with Crippen molar-refractivity contribution in [2.45, 2.75) is 70.8 Å². The van der Waals surface area contributed by atoms with Gasteiger partial charge in [0.05, 0.1) is 6.04 Å². The Morgan fingerprint density at radius 1 is 1.04 bits per heavy atom. The first kappa shape index (κ1) is 15.4. The van der Waals surface area contributed by atoms with E-state index < -0.39 is 0 Å². The maximum Gasteiger partial charge on any atom is 0.147 e. The van der Waals surface area contributed by atoms with Crippen LogP contribution in [0.25, 0.3) is 0 Å². The quantitative estimate of drug-likeness (QED) is 0.926. The molecule has 2 aliphatic heterocycles. The van der Waals surface area contributed by atoms with E-state index in [1.54, 1.807) is 0 Å². The molecule has 1 saturated heterocycles. The Balaban J connectivity index is 1.59. The molecule has 1 aromatic rings. The Hall–Kier alpha value is -1.16. The lowest BCUT2D eigenvalue weighted by atomic mass is 9.88. The number of aryl methyl sites for hydroxylation is 1. The van der Waals surface area contributed by atoms with Gasteiger partial charge in [0.1, 0.15) is 11.6 Å². The molecule has 0 radical (unpaired) electrons. The van der Waals surface area contributed by atoms with Gasteiger partial charge in [0.15, 0.2) is 0 Å². The topological polar surface area (TPSA) is 41.1 Å². The van der Waals surface area contributed by atoms with E-state index in [0.29, 0.717) is 6.04 Å². The van der Waals surface area contributed by atoms with Crippen molar-refractivity contribution in [2.24, 2.45) is 5.92 Å². The largest absolute Gasteiger partial charge is 0.356 e. The summed E-state index contributed by atoms with van der Waals surface area (Å²) in [6.07, 6.45) is 11.9.